The maximum Gasteiger partial charge on any atom is 0.0967 e. The Kier molecular flexibility index (Phi) is 5.39. The molecule has 0 N–H and O–H groups in total. The summed E-state index contributed by atoms with van der Waals surface area (Å²) in [6.07, 6.45) is 13.1. The molecule has 0 radical (unpaired) electrons. The Bertz CT molecular complexity index is 547. The van der Waals surface area contributed by atoms with Gasteiger partial charge in [0.05, 0.1) is 31.1 Å². The van der Waals surface area contributed by atoms with Crippen LogP contribution in [0.5, 0.6) is 0 Å². The summed E-state index contributed by atoms with van der Waals surface area (Å²) < 4.78 is 13.6. The highest BCUT2D eigenvalue weighted by Crippen LogP contribution is 2.45. The molecular weight excluding hydrogens is 316 g/mol. The molecule has 6 heteroatoms. The van der Waals surface area contributed by atoms with E-state index in [1.165, 1.54) is 38.5 Å². The van der Waals surface area contributed by atoms with E-state index in [-0.39, 0.29) is 0 Å². The van der Waals surface area contributed by atoms with Crippen LogP contribution in [0, 0.1) is 5.41 Å². The molecular formula is C19H32N4O2. The zero-order valence-electron chi connectivity index (χ0n) is 15.5. The average Bonchev–Trinajstić information content (AvgIpc) is 3.24. The van der Waals surface area contributed by atoms with Gasteiger partial charge in [-0.2, -0.15) is 0 Å². The van der Waals surface area contributed by atoms with Gasteiger partial charge in [0.25, 0.3) is 0 Å². The number of ether oxygens (including phenoxy) is 2. The lowest BCUT2D eigenvalue weighted by Crippen LogP contribution is -2.36. The summed E-state index contributed by atoms with van der Waals surface area (Å²) in [5.41, 5.74) is 1.54. The highest BCUT2D eigenvalue weighted by molar-refractivity contribution is 4.95. The van der Waals surface area contributed by atoms with Gasteiger partial charge < -0.3 is 9.47 Å². The summed E-state index contributed by atoms with van der Waals surface area (Å²) in [7, 11) is 1.81. The molecule has 1 aromatic heterocycles. The molecule has 3 heterocycles. The number of hydrogen-bond acceptors (Lipinski definition) is 5. The molecule has 0 bridgehead atoms. The van der Waals surface area contributed by atoms with Crippen LogP contribution < -0.4 is 0 Å². The number of methoxy groups -OCH3 is 1. The van der Waals surface area contributed by atoms with Crippen molar-refractivity contribution in [2.75, 3.05) is 26.8 Å². The number of hydrogen-bond donors (Lipinski definition) is 0. The quantitative estimate of drug-likeness (QED) is 0.819. The second kappa shape index (κ2) is 7.72. The summed E-state index contributed by atoms with van der Waals surface area (Å²) in [6, 6.07) is 0. The van der Waals surface area contributed by atoms with E-state index in [0.717, 1.165) is 51.3 Å². The van der Waals surface area contributed by atoms with Crippen LogP contribution in [0.2, 0.25) is 0 Å². The van der Waals surface area contributed by atoms with Crippen LogP contribution in [0.3, 0.4) is 0 Å². The summed E-state index contributed by atoms with van der Waals surface area (Å²) in [6.45, 7) is 4.86. The largest absolute Gasteiger partial charge is 0.381 e. The van der Waals surface area contributed by atoms with Crippen LogP contribution in [-0.2, 0) is 22.6 Å². The fraction of sp³-hybridized carbons (Fsp3) is 0.895. The van der Waals surface area contributed by atoms with E-state index >= 15 is 0 Å². The molecule has 1 atom stereocenters. The lowest BCUT2D eigenvalue weighted by Gasteiger charge is -2.31. The van der Waals surface area contributed by atoms with Crippen molar-refractivity contribution in [1.82, 2.24) is 19.9 Å². The van der Waals surface area contributed by atoms with Gasteiger partial charge in [0.15, 0.2) is 0 Å². The Hall–Kier alpha value is -0.980. The van der Waals surface area contributed by atoms with Gasteiger partial charge in [-0.1, -0.05) is 24.5 Å². The number of likely N-dealkylation sites (tertiary alicyclic amines) is 1. The summed E-state index contributed by atoms with van der Waals surface area (Å²) in [5, 5.41) is 8.73. The van der Waals surface area contributed by atoms with Crippen molar-refractivity contribution in [1.29, 1.82) is 0 Å². The molecule has 1 aromatic rings. The Morgan fingerprint density at radius 3 is 2.80 bits per heavy atom. The molecule has 1 saturated carbocycles. The number of nitrogens with zero attached hydrogens (tertiary/aromatic N) is 4. The van der Waals surface area contributed by atoms with Crippen LogP contribution >= 0.6 is 0 Å². The van der Waals surface area contributed by atoms with Crippen molar-refractivity contribution in [3.63, 3.8) is 0 Å². The van der Waals surface area contributed by atoms with Crippen molar-refractivity contribution in [3.05, 3.63) is 11.9 Å². The number of rotatable bonds is 5. The SMILES string of the molecule is COC1CCN(Cc2cn(CC3CC4(CCCCC4)CO3)nn2)CC1. The average molecular weight is 348 g/mol. The minimum Gasteiger partial charge on any atom is -0.381 e. The summed E-state index contributed by atoms with van der Waals surface area (Å²) in [5.74, 6) is 0. The minimum atomic E-state index is 0.310. The van der Waals surface area contributed by atoms with Gasteiger partial charge in [-0.25, -0.2) is 4.68 Å². The molecule has 140 valence electrons. The summed E-state index contributed by atoms with van der Waals surface area (Å²) >= 11 is 0. The van der Waals surface area contributed by atoms with Gasteiger partial charge in [-0.05, 0) is 37.5 Å². The number of piperidine rings is 1. The smallest absolute Gasteiger partial charge is 0.0967 e. The van der Waals surface area contributed by atoms with Gasteiger partial charge >= 0.3 is 0 Å². The van der Waals surface area contributed by atoms with E-state index in [4.69, 9.17) is 9.47 Å². The zero-order valence-corrected chi connectivity index (χ0v) is 15.5. The van der Waals surface area contributed by atoms with Crippen molar-refractivity contribution in [2.24, 2.45) is 5.41 Å². The molecule has 3 aliphatic rings. The van der Waals surface area contributed by atoms with Crippen molar-refractivity contribution in [2.45, 2.75) is 76.7 Å². The van der Waals surface area contributed by atoms with Crippen molar-refractivity contribution in [3.8, 4) is 0 Å². The highest BCUT2D eigenvalue weighted by atomic mass is 16.5. The molecule has 1 unspecified atom stereocenters. The predicted octanol–water partition coefficient (Wildman–Crippen LogP) is 2.63. The fourth-order valence-corrected chi connectivity index (χ4v) is 4.90. The molecule has 0 aromatic carbocycles. The zero-order chi connectivity index (χ0) is 17.1. The molecule has 2 saturated heterocycles. The maximum atomic E-state index is 6.12. The van der Waals surface area contributed by atoms with Gasteiger partial charge in [0, 0.05) is 32.9 Å². The topological polar surface area (TPSA) is 52.4 Å². The Morgan fingerprint density at radius 2 is 2.04 bits per heavy atom. The van der Waals surface area contributed by atoms with Gasteiger partial charge in [0.1, 0.15) is 0 Å². The predicted molar refractivity (Wildman–Crippen MR) is 95.2 cm³/mol. The van der Waals surface area contributed by atoms with E-state index in [0.29, 0.717) is 17.6 Å². The molecule has 0 amide bonds. The third kappa shape index (κ3) is 4.23. The molecule has 6 nitrogen and oxygen atoms in total. The maximum absolute atomic E-state index is 6.12. The van der Waals surface area contributed by atoms with Gasteiger partial charge in [-0.15, -0.1) is 5.10 Å². The molecule has 4 rings (SSSR count). The molecule has 2 aliphatic heterocycles. The molecule has 1 aliphatic carbocycles. The first-order valence-corrected chi connectivity index (χ1v) is 10.0. The van der Waals surface area contributed by atoms with Crippen LogP contribution in [0.1, 0.15) is 57.1 Å². The van der Waals surface area contributed by atoms with E-state index < -0.39 is 0 Å². The summed E-state index contributed by atoms with van der Waals surface area (Å²) in [4.78, 5) is 2.45. The Balaban J connectivity index is 1.26. The monoisotopic (exact) mass is 348 g/mol. The Labute approximate surface area is 150 Å². The number of aromatic nitrogens is 3. The van der Waals surface area contributed by atoms with Gasteiger partial charge in [0.2, 0.25) is 0 Å². The molecule has 1 spiro atoms. The third-order valence-electron chi connectivity index (χ3n) is 6.43. The van der Waals surface area contributed by atoms with Crippen molar-refractivity contribution < 1.29 is 9.47 Å². The van der Waals surface area contributed by atoms with Gasteiger partial charge in [-0.3, -0.25) is 4.90 Å². The van der Waals surface area contributed by atoms with E-state index in [9.17, 15) is 0 Å². The molecule has 25 heavy (non-hydrogen) atoms. The van der Waals surface area contributed by atoms with Crippen LogP contribution in [0.25, 0.3) is 0 Å². The minimum absolute atomic E-state index is 0.310. The van der Waals surface area contributed by atoms with E-state index in [2.05, 4.69) is 21.4 Å². The molecule has 3 fully saturated rings. The van der Waals surface area contributed by atoms with Crippen LogP contribution in [0.15, 0.2) is 6.20 Å². The van der Waals surface area contributed by atoms with E-state index in [1.54, 1.807) is 0 Å². The lowest BCUT2D eigenvalue weighted by atomic mass is 9.73. The highest BCUT2D eigenvalue weighted by Gasteiger charge is 2.40. The first-order chi connectivity index (χ1) is 12.2. The van der Waals surface area contributed by atoms with E-state index in [1.807, 2.05) is 11.8 Å². The van der Waals surface area contributed by atoms with Crippen LogP contribution in [0.4, 0.5) is 0 Å². The normalized spacial score (nSPS) is 28.0. The second-order valence-electron chi connectivity index (χ2n) is 8.34. The van der Waals surface area contributed by atoms with Crippen molar-refractivity contribution >= 4 is 0 Å². The standard InChI is InChI=1S/C19H32N4O2/c1-24-17-5-9-22(10-6-17)12-16-13-23(21-20-16)14-18-11-19(15-25-18)7-3-2-4-8-19/h13,17-18H,2-12,14-15H2,1H3. The second-order valence-corrected chi connectivity index (χ2v) is 8.34. The first kappa shape index (κ1) is 17.4. The first-order valence-electron chi connectivity index (χ1n) is 10.0. The third-order valence-corrected chi connectivity index (χ3v) is 6.43. The fourth-order valence-electron chi connectivity index (χ4n) is 4.90. The Morgan fingerprint density at radius 1 is 1.24 bits per heavy atom. The van der Waals surface area contributed by atoms with Crippen LogP contribution in [-0.4, -0.2) is 58.9 Å². The lowest BCUT2D eigenvalue weighted by molar-refractivity contribution is 0.0385.